The van der Waals surface area contributed by atoms with Crippen LogP contribution in [0.4, 0.5) is 0 Å². The van der Waals surface area contributed by atoms with Gasteiger partial charge in [0.25, 0.3) is 0 Å². The second-order valence-corrected chi connectivity index (χ2v) is 12.6. The molecule has 7 aromatic carbocycles. The summed E-state index contributed by atoms with van der Waals surface area (Å²) in [5.41, 5.74) is 9.74. The van der Waals surface area contributed by atoms with Crippen molar-refractivity contribution >= 4 is 10.8 Å². The van der Waals surface area contributed by atoms with Crippen molar-refractivity contribution in [3.05, 3.63) is 188 Å². The smallest absolute Gasteiger partial charge is 0.164 e. The van der Waals surface area contributed by atoms with E-state index in [1.54, 1.807) is 0 Å². The monoisotopic (exact) mass is 665 g/mol. The molecular formula is C47H31N5. The Morgan fingerprint density at radius 3 is 1.23 bits per heavy atom. The Balaban J connectivity index is 1.08. The molecular weight excluding hydrogens is 635 g/mol. The number of hydrogen-bond donors (Lipinski definition) is 0. The average Bonchev–Trinajstić information content (AvgIpc) is 3.24. The Bertz CT molecular complexity index is 2600. The molecule has 0 unspecified atom stereocenters. The van der Waals surface area contributed by atoms with Crippen molar-refractivity contribution in [2.75, 3.05) is 0 Å². The first-order chi connectivity index (χ1) is 25.7. The molecule has 0 saturated heterocycles. The van der Waals surface area contributed by atoms with Crippen LogP contribution in [0.5, 0.6) is 0 Å². The molecule has 0 spiro atoms. The van der Waals surface area contributed by atoms with Gasteiger partial charge in [-0.25, -0.2) is 24.9 Å². The van der Waals surface area contributed by atoms with Crippen LogP contribution in [-0.4, -0.2) is 24.9 Å². The highest BCUT2D eigenvalue weighted by Crippen LogP contribution is 2.32. The first-order valence-corrected chi connectivity index (χ1v) is 17.3. The summed E-state index contributed by atoms with van der Waals surface area (Å²) in [5, 5.41) is 2.38. The van der Waals surface area contributed by atoms with Crippen LogP contribution in [0.3, 0.4) is 0 Å². The summed E-state index contributed by atoms with van der Waals surface area (Å²) in [6.07, 6.45) is 0. The molecule has 52 heavy (non-hydrogen) atoms. The lowest BCUT2D eigenvalue weighted by Crippen LogP contribution is -2.00. The molecule has 0 radical (unpaired) electrons. The van der Waals surface area contributed by atoms with E-state index in [2.05, 4.69) is 109 Å². The second kappa shape index (κ2) is 13.7. The van der Waals surface area contributed by atoms with E-state index in [0.29, 0.717) is 23.3 Å². The molecule has 0 bridgehead atoms. The van der Waals surface area contributed by atoms with Gasteiger partial charge < -0.3 is 0 Å². The number of benzene rings is 7. The lowest BCUT2D eigenvalue weighted by atomic mass is 9.99. The fraction of sp³-hybridized carbons (Fsp3) is 0. The number of rotatable bonds is 7. The average molecular weight is 666 g/mol. The largest absolute Gasteiger partial charge is 0.228 e. The summed E-state index contributed by atoms with van der Waals surface area (Å²) in [7, 11) is 0. The minimum Gasteiger partial charge on any atom is -0.228 e. The van der Waals surface area contributed by atoms with E-state index < -0.39 is 0 Å². The molecule has 0 fully saturated rings. The van der Waals surface area contributed by atoms with Gasteiger partial charge in [-0.1, -0.05) is 170 Å². The maximum atomic E-state index is 5.05. The van der Waals surface area contributed by atoms with Gasteiger partial charge in [0.1, 0.15) is 0 Å². The topological polar surface area (TPSA) is 64.5 Å². The molecule has 0 amide bonds. The van der Waals surface area contributed by atoms with Crippen LogP contribution < -0.4 is 0 Å². The molecule has 5 nitrogen and oxygen atoms in total. The molecule has 5 heteroatoms. The van der Waals surface area contributed by atoms with E-state index in [0.717, 1.165) is 55.9 Å². The van der Waals surface area contributed by atoms with Crippen molar-refractivity contribution in [2.45, 2.75) is 0 Å². The van der Waals surface area contributed by atoms with Crippen molar-refractivity contribution in [3.8, 4) is 79.2 Å². The van der Waals surface area contributed by atoms with Crippen LogP contribution in [0.25, 0.3) is 90.0 Å². The Morgan fingerprint density at radius 2 is 0.635 bits per heavy atom. The summed E-state index contributed by atoms with van der Waals surface area (Å²) in [5.74, 6) is 2.60. The van der Waals surface area contributed by atoms with Crippen molar-refractivity contribution in [2.24, 2.45) is 0 Å². The maximum absolute atomic E-state index is 5.05. The third-order valence-electron chi connectivity index (χ3n) is 9.14. The fourth-order valence-corrected chi connectivity index (χ4v) is 6.42. The zero-order valence-corrected chi connectivity index (χ0v) is 28.1. The number of hydrogen-bond acceptors (Lipinski definition) is 5. The highest BCUT2D eigenvalue weighted by molar-refractivity contribution is 5.87. The normalized spacial score (nSPS) is 11.1. The van der Waals surface area contributed by atoms with Crippen molar-refractivity contribution in [1.29, 1.82) is 0 Å². The van der Waals surface area contributed by atoms with Crippen molar-refractivity contribution in [1.82, 2.24) is 24.9 Å². The van der Waals surface area contributed by atoms with Gasteiger partial charge in [-0.05, 0) is 40.1 Å². The molecule has 0 aliphatic heterocycles. The highest BCUT2D eigenvalue weighted by Gasteiger charge is 2.14. The first-order valence-electron chi connectivity index (χ1n) is 17.3. The quantitative estimate of drug-likeness (QED) is 0.169. The Labute approximate surface area is 302 Å². The Morgan fingerprint density at radius 1 is 0.212 bits per heavy atom. The van der Waals surface area contributed by atoms with Gasteiger partial charge in [-0.3, -0.25) is 0 Å². The molecule has 0 aliphatic carbocycles. The predicted molar refractivity (Wildman–Crippen MR) is 211 cm³/mol. The minimum atomic E-state index is 0.627. The van der Waals surface area contributed by atoms with Crippen LogP contribution in [-0.2, 0) is 0 Å². The molecule has 244 valence electrons. The van der Waals surface area contributed by atoms with Gasteiger partial charge in [0.2, 0.25) is 0 Å². The second-order valence-electron chi connectivity index (χ2n) is 12.6. The van der Waals surface area contributed by atoms with Crippen LogP contribution in [0.2, 0.25) is 0 Å². The lowest BCUT2D eigenvalue weighted by Gasteiger charge is -2.11. The van der Waals surface area contributed by atoms with Crippen LogP contribution in [0.15, 0.2) is 188 Å². The number of fused-ring (bicyclic) bond motifs is 1. The first kappa shape index (κ1) is 30.9. The third kappa shape index (κ3) is 6.35. The zero-order chi connectivity index (χ0) is 34.7. The van der Waals surface area contributed by atoms with Gasteiger partial charge in [-0.2, -0.15) is 0 Å². The van der Waals surface area contributed by atoms with Gasteiger partial charge in [-0.15, -0.1) is 0 Å². The van der Waals surface area contributed by atoms with E-state index >= 15 is 0 Å². The lowest BCUT2D eigenvalue weighted by molar-refractivity contribution is 1.07. The molecule has 9 rings (SSSR count). The fourth-order valence-electron chi connectivity index (χ4n) is 6.42. The molecule has 9 aromatic rings. The number of aromatic nitrogens is 5. The predicted octanol–water partition coefficient (Wildman–Crippen LogP) is 11.5. The van der Waals surface area contributed by atoms with Crippen molar-refractivity contribution in [3.63, 3.8) is 0 Å². The third-order valence-corrected chi connectivity index (χ3v) is 9.14. The van der Waals surface area contributed by atoms with Gasteiger partial charge >= 0.3 is 0 Å². The standard InChI is InChI=1S/C47H31N5/c1-4-14-35(15-5-1)44-48-42(31-43(49-44)40-28-25-32-13-10-11-20-38(32)29-40)34-26-23-33(24-27-34)39-21-12-22-41(30-39)47-51-45(36-16-6-2-7-17-36)50-46(52-47)37-18-8-3-9-19-37/h1-31H. The summed E-state index contributed by atoms with van der Waals surface area (Å²) in [4.78, 5) is 24.8. The van der Waals surface area contributed by atoms with Gasteiger partial charge in [0, 0.05) is 33.4 Å². The molecule has 0 N–H and O–H groups in total. The Kier molecular flexibility index (Phi) is 8.12. The van der Waals surface area contributed by atoms with Gasteiger partial charge in [0.05, 0.1) is 11.4 Å². The van der Waals surface area contributed by atoms with Crippen LogP contribution in [0, 0.1) is 0 Å². The molecule has 0 atom stereocenters. The Hall–Kier alpha value is -7.11. The van der Waals surface area contributed by atoms with E-state index in [1.807, 2.05) is 78.9 Å². The van der Waals surface area contributed by atoms with Crippen LogP contribution in [0.1, 0.15) is 0 Å². The van der Waals surface area contributed by atoms with Gasteiger partial charge in [0.15, 0.2) is 23.3 Å². The number of nitrogens with zero attached hydrogens (tertiary/aromatic N) is 5. The summed E-state index contributed by atoms with van der Waals surface area (Å²) >= 11 is 0. The van der Waals surface area contributed by atoms with Crippen LogP contribution >= 0.6 is 0 Å². The summed E-state index contributed by atoms with van der Waals surface area (Å²) < 4.78 is 0. The molecule has 2 heterocycles. The van der Waals surface area contributed by atoms with E-state index in [9.17, 15) is 0 Å². The summed E-state index contributed by atoms with van der Waals surface area (Å²) in [6, 6.07) is 64.1. The molecule has 0 aliphatic rings. The van der Waals surface area contributed by atoms with E-state index in [1.165, 1.54) is 10.8 Å². The van der Waals surface area contributed by atoms with E-state index in [-0.39, 0.29) is 0 Å². The van der Waals surface area contributed by atoms with Crippen molar-refractivity contribution < 1.29 is 0 Å². The zero-order valence-electron chi connectivity index (χ0n) is 28.1. The molecule has 2 aromatic heterocycles. The summed E-state index contributed by atoms with van der Waals surface area (Å²) in [6.45, 7) is 0. The minimum absolute atomic E-state index is 0.627. The SMILES string of the molecule is c1ccc(-c2nc(-c3ccc(-c4cccc(-c5nc(-c6ccccc6)nc(-c6ccccc6)n5)c4)cc3)cc(-c3ccc4ccccc4c3)n2)cc1. The highest BCUT2D eigenvalue weighted by atomic mass is 15.0. The maximum Gasteiger partial charge on any atom is 0.164 e. The van der Waals surface area contributed by atoms with E-state index in [4.69, 9.17) is 24.9 Å². The molecule has 0 saturated carbocycles.